The molecular weight excluding hydrogens is 244 g/mol. The molecule has 0 fully saturated rings. The zero-order valence-electron chi connectivity index (χ0n) is 12.4. The van der Waals surface area contributed by atoms with Gasteiger partial charge in [-0.25, -0.2) is 0 Å². The Morgan fingerprint density at radius 3 is 2.30 bits per heavy atom. The maximum Gasteiger partial charge on any atom is 0.0366 e. The van der Waals surface area contributed by atoms with Gasteiger partial charge in [-0.3, -0.25) is 0 Å². The van der Waals surface area contributed by atoms with Gasteiger partial charge in [0.1, 0.15) is 0 Å². The van der Waals surface area contributed by atoms with E-state index in [1.807, 2.05) is 0 Å². The van der Waals surface area contributed by atoms with E-state index in [0.29, 0.717) is 0 Å². The predicted molar refractivity (Wildman–Crippen MR) is 87.1 cm³/mol. The van der Waals surface area contributed by atoms with Gasteiger partial charge in [-0.2, -0.15) is 0 Å². The normalized spacial score (nSPS) is 12.2. The average molecular weight is 268 g/mol. The third-order valence-electron chi connectivity index (χ3n) is 3.80. The zero-order chi connectivity index (χ0) is 14.4. The highest BCUT2D eigenvalue weighted by Gasteiger charge is 2.11. The summed E-state index contributed by atoms with van der Waals surface area (Å²) < 4.78 is 0. The minimum absolute atomic E-state index is 0.106. The lowest BCUT2D eigenvalue weighted by Crippen LogP contribution is -2.27. The largest absolute Gasteiger partial charge is 0.372 e. The summed E-state index contributed by atoms with van der Waals surface area (Å²) in [5, 5.41) is 0. The van der Waals surface area contributed by atoms with Crippen LogP contribution in [0.15, 0.2) is 54.6 Å². The number of anilines is 1. The highest BCUT2D eigenvalue weighted by Crippen LogP contribution is 2.20. The molecule has 0 amide bonds. The average Bonchev–Trinajstić information content (AvgIpc) is 2.49. The van der Waals surface area contributed by atoms with Crippen LogP contribution in [0, 0.1) is 6.92 Å². The number of hydrogen-bond donors (Lipinski definition) is 1. The maximum absolute atomic E-state index is 6.35. The van der Waals surface area contributed by atoms with E-state index in [4.69, 9.17) is 5.73 Å². The Hall–Kier alpha value is -1.80. The Labute approximate surface area is 122 Å². The molecule has 106 valence electrons. The van der Waals surface area contributed by atoms with Gasteiger partial charge in [0, 0.05) is 24.8 Å². The molecule has 0 saturated heterocycles. The molecule has 0 spiro atoms. The first-order chi connectivity index (χ1) is 9.72. The molecule has 2 nitrogen and oxygen atoms in total. The van der Waals surface area contributed by atoms with Gasteiger partial charge in [0.05, 0.1) is 0 Å². The van der Waals surface area contributed by atoms with Crippen molar-refractivity contribution in [3.8, 4) is 0 Å². The first kappa shape index (κ1) is 14.6. The number of benzene rings is 2. The van der Waals surface area contributed by atoms with Crippen molar-refractivity contribution in [2.24, 2.45) is 5.73 Å². The molecule has 2 aromatic rings. The SMILES string of the molecule is CCN(CCC(N)c1ccccc1C)c1ccccc1. The van der Waals surface area contributed by atoms with Gasteiger partial charge in [0.15, 0.2) is 0 Å². The minimum Gasteiger partial charge on any atom is -0.372 e. The molecule has 0 aliphatic rings. The Morgan fingerprint density at radius 2 is 1.65 bits per heavy atom. The third-order valence-corrected chi connectivity index (χ3v) is 3.80. The second-order valence-electron chi connectivity index (χ2n) is 5.17. The smallest absolute Gasteiger partial charge is 0.0366 e. The highest BCUT2D eigenvalue weighted by atomic mass is 15.1. The molecule has 0 radical (unpaired) electrons. The number of nitrogens with zero attached hydrogens (tertiary/aromatic N) is 1. The Balaban J connectivity index is 1.99. The number of nitrogens with two attached hydrogens (primary N) is 1. The summed E-state index contributed by atoms with van der Waals surface area (Å²) in [4.78, 5) is 2.37. The van der Waals surface area contributed by atoms with Gasteiger partial charge >= 0.3 is 0 Å². The maximum atomic E-state index is 6.35. The standard InChI is InChI=1S/C18H24N2/c1-3-20(16-10-5-4-6-11-16)14-13-18(19)17-12-8-7-9-15(17)2/h4-12,18H,3,13-14,19H2,1-2H3. The number of aryl methyl sites for hydroxylation is 1. The fourth-order valence-corrected chi connectivity index (χ4v) is 2.56. The summed E-state index contributed by atoms with van der Waals surface area (Å²) in [6.45, 7) is 6.30. The van der Waals surface area contributed by atoms with Crippen molar-refractivity contribution < 1.29 is 0 Å². The monoisotopic (exact) mass is 268 g/mol. The van der Waals surface area contributed by atoms with Crippen LogP contribution in [0.4, 0.5) is 5.69 Å². The molecule has 2 rings (SSSR count). The lowest BCUT2D eigenvalue weighted by Gasteiger charge is -2.25. The zero-order valence-corrected chi connectivity index (χ0v) is 12.4. The molecule has 1 atom stereocenters. The van der Waals surface area contributed by atoms with Gasteiger partial charge in [0.25, 0.3) is 0 Å². The van der Waals surface area contributed by atoms with Crippen molar-refractivity contribution in [2.75, 3.05) is 18.0 Å². The lowest BCUT2D eigenvalue weighted by molar-refractivity contribution is 0.629. The summed E-state index contributed by atoms with van der Waals surface area (Å²) in [5.41, 5.74) is 10.2. The Bertz CT molecular complexity index is 522. The van der Waals surface area contributed by atoms with Crippen LogP contribution in [0.2, 0.25) is 0 Å². The second kappa shape index (κ2) is 7.11. The van der Waals surface area contributed by atoms with Crippen LogP contribution in [0.1, 0.15) is 30.5 Å². The van der Waals surface area contributed by atoms with Crippen LogP contribution in [-0.4, -0.2) is 13.1 Å². The molecule has 0 aromatic heterocycles. The number of hydrogen-bond acceptors (Lipinski definition) is 2. The molecule has 0 aliphatic carbocycles. The van der Waals surface area contributed by atoms with E-state index in [1.54, 1.807) is 0 Å². The van der Waals surface area contributed by atoms with Gasteiger partial charge < -0.3 is 10.6 Å². The minimum atomic E-state index is 0.106. The number of rotatable bonds is 6. The van der Waals surface area contributed by atoms with E-state index in [2.05, 4.69) is 73.3 Å². The summed E-state index contributed by atoms with van der Waals surface area (Å²) >= 11 is 0. The van der Waals surface area contributed by atoms with E-state index in [-0.39, 0.29) is 6.04 Å². The molecule has 2 aromatic carbocycles. The van der Waals surface area contributed by atoms with Crippen molar-refractivity contribution >= 4 is 5.69 Å². The molecule has 0 heterocycles. The predicted octanol–water partition coefficient (Wildman–Crippen LogP) is 3.91. The molecule has 0 saturated carbocycles. The molecule has 0 bridgehead atoms. The lowest BCUT2D eigenvalue weighted by atomic mass is 9.99. The fraction of sp³-hybridized carbons (Fsp3) is 0.333. The summed E-state index contributed by atoms with van der Waals surface area (Å²) in [6.07, 6.45) is 0.966. The van der Waals surface area contributed by atoms with Crippen molar-refractivity contribution in [1.82, 2.24) is 0 Å². The Morgan fingerprint density at radius 1 is 1.00 bits per heavy atom. The van der Waals surface area contributed by atoms with E-state index in [9.17, 15) is 0 Å². The first-order valence-corrected chi connectivity index (χ1v) is 7.33. The molecule has 20 heavy (non-hydrogen) atoms. The fourth-order valence-electron chi connectivity index (χ4n) is 2.56. The highest BCUT2D eigenvalue weighted by molar-refractivity contribution is 5.45. The van der Waals surface area contributed by atoms with E-state index < -0.39 is 0 Å². The second-order valence-corrected chi connectivity index (χ2v) is 5.17. The van der Waals surface area contributed by atoms with E-state index in [0.717, 1.165) is 19.5 Å². The summed E-state index contributed by atoms with van der Waals surface area (Å²) in [7, 11) is 0. The van der Waals surface area contributed by atoms with Crippen LogP contribution < -0.4 is 10.6 Å². The summed E-state index contributed by atoms with van der Waals surface area (Å²) in [5.74, 6) is 0. The topological polar surface area (TPSA) is 29.3 Å². The molecule has 2 N–H and O–H groups in total. The van der Waals surface area contributed by atoms with Gasteiger partial charge in [-0.1, -0.05) is 42.5 Å². The van der Waals surface area contributed by atoms with Crippen LogP contribution in [0.5, 0.6) is 0 Å². The van der Waals surface area contributed by atoms with E-state index >= 15 is 0 Å². The number of para-hydroxylation sites is 1. The molecule has 2 heteroatoms. The van der Waals surface area contributed by atoms with E-state index in [1.165, 1.54) is 16.8 Å². The van der Waals surface area contributed by atoms with Crippen molar-refractivity contribution in [1.29, 1.82) is 0 Å². The van der Waals surface area contributed by atoms with Gasteiger partial charge in [0.2, 0.25) is 0 Å². The van der Waals surface area contributed by atoms with Crippen LogP contribution in [0.25, 0.3) is 0 Å². The molecule has 1 unspecified atom stereocenters. The third kappa shape index (κ3) is 3.61. The van der Waals surface area contributed by atoms with Crippen LogP contribution in [-0.2, 0) is 0 Å². The van der Waals surface area contributed by atoms with Crippen molar-refractivity contribution in [3.05, 3.63) is 65.7 Å². The van der Waals surface area contributed by atoms with Gasteiger partial charge in [-0.15, -0.1) is 0 Å². The molecular formula is C18H24N2. The quantitative estimate of drug-likeness (QED) is 0.860. The van der Waals surface area contributed by atoms with Crippen molar-refractivity contribution in [2.45, 2.75) is 26.3 Å². The first-order valence-electron chi connectivity index (χ1n) is 7.33. The van der Waals surface area contributed by atoms with Crippen molar-refractivity contribution in [3.63, 3.8) is 0 Å². The summed E-state index contributed by atoms with van der Waals surface area (Å²) in [6, 6.07) is 19.0. The Kier molecular flexibility index (Phi) is 5.19. The van der Waals surface area contributed by atoms with Gasteiger partial charge in [-0.05, 0) is 43.5 Å². The van der Waals surface area contributed by atoms with Crippen LogP contribution in [0.3, 0.4) is 0 Å². The van der Waals surface area contributed by atoms with Crippen LogP contribution >= 0.6 is 0 Å². The molecule has 0 aliphatic heterocycles.